The monoisotopic (exact) mass is 340 g/mol. The molecule has 4 heteroatoms. The summed E-state index contributed by atoms with van der Waals surface area (Å²) in [4.78, 5) is 24.0. The van der Waals surface area contributed by atoms with Crippen molar-refractivity contribution in [1.82, 2.24) is 0 Å². The van der Waals surface area contributed by atoms with Crippen molar-refractivity contribution < 1.29 is 19.1 Å². The van der Waals surface area contributed by atoms with Crippen LogP contribution in [0.4, 0.5) is 0 Å². The van der Waals surface area contributed by atoms with Crippen molar-refractivity contribution in [3.8, 4) is 5.75 Å². The molecule has 2 rings (SSSR count). The van der Waals surface area contributed by atoms with E-state index in [-0.39, 0.29) is 12.4 Å². The predicted molar refractivity (Wildman–Crippen MR) is 97.3 cm³/mol. The van der Waals surface area contributed by atoms with Gasteiger partial charge in [0.1, 0.15) is 5.75 Å². The number of carbonyl (C=O) groups is 2. The van der Waals surface area contributed by atoms with Gasteiger partial charge >= 0.3 is 5.97 Å². The van der Waals surface area contributed by atoms with E-state index in [1.54, 1.807) is 36.4 Å². The first-order valence-corrected chi connectivity index (χ1v) is 8.60. The molecule has 0 amide bonds. The molecule has 25 heavy (non-hydrogen) atoms. The SMILES string of the molecule is CCCCCOc1ccc(C(=O)COC(=O)c2ccc(C)cc2)cc1. The highest BCUT2D eigenvalue weighted by molar-refractivity contribution is 5.99. The Morgan fingerprint density at radius 3 is 2.16 bits per heavy atom. The Morgan fingerprint density at radius 1 is 0.880 bits per heavy atom. The third-order valence-electron chi connectivity index (χ3n) is 3.81. The van der Waals surface area contributed by atoms with Gasteiger partial charge < -0.3 is 9.47 Å². The molecule has 0 unspecified atom stereocenters. The fourth-order valence-electron chi connectivity index (χ4n) is 2.27. The van der Waals surface area contributed by atoms with Crippen molar-refractivity contribution in [2.24, 2.45) is 0 Å². The highest BCUT2D eigenvalue weighted by Gasteiger charge is 2.11. The lowest BCUT2D eigenvalue weighted by molar-refractivity contribution is 0.0474. The number of ether oxygens (including phenoxy) is 2. The van der Waals surface area contributed by atoms with Crippen LogP contribution in [0.2, 0.25) is 0 Å². The van der Waals surface area contributed by atoms with E-state index < -0.39 is 5.97 Å². The molecule has 2 aromatic carbocycles. The van der Waals surface area contributed by atoms with Gasteiger partial charge in [-0.05, 0) is 49.7 Å². The van der Waals surface area contributed by atoms with E-state index in [4.69, 9.17) is 9.47 Å². The van der Waals surface area contributed by atoms with Crippen LogP contribution in [0, 0.1) is 6.92 Å². The Hall–Kier alpha value is -2.62. The van der Waals surface area contributed by atoms with Crippen molar-refractivity contribution in [3.63, 3.8) is 0 Å². The zero-order valence-corrected chi connectivity index (χ0v) is 14.8. The minimum Gasteiger partial charge on any atom is -0.494 e. The van der Waals surface area contributed by atoms with Crippen LogP contribution in [0.3, 0.4) is 0 Å². The van der Waals surface area contributed by atoms with Crippen molar-refractivity contribution in [2.75, 3.05) is 13.2 Å². The number of unbranched alkanes of at least 4 members (excludes halogenated alkanes) is 2. The van der Waals surface area contributed by atoms with E-state index in [0.717, 1.165) is 30.6 Å². The van der Waals surface area contributed by atoms with Gasteiger partial charge in [-0.2, -0.15) is 0 Å². The molecule has 0 aliphatic carbocycles. The van der Waals surface area contributed by atoms with Crippen molar-refractivity contribution in [1.29, 1.82) is 0 Å². The lowest BCUT2D eigenvalue weighted by Crippen LogP contribution is -2.14. The number of hydrogen-bond acceptors (Lipinski definition) is 4. The van der Waals surface area contributed by atoms with E-state index in [1.807, 2.05) is 19.1 Å². The van der Waals surface area contributed by atoms with Crippen molar-refractivity contribution >= 4 is 11.8 Å². The summed E-state index contributed by atoms with van der Waals surface area (Å²) in [5.41, 5.74) is 2.00. The highest BCUT2D eigenvalue weighted by atomic mass is 16.5. The van der Waals surface area contributed by atoms with Crippen LogP contribution < -0.4 is 4.74 Å². The number of esters is 1. The molecule has 0 fully saturated rings. The minimum absolute atomic E-state index is 0.238. The molecule has 0 saturated heterocycles. The second-order valence-corrected chi connectivity index (χ2v) is 5.95. The predicted octanol–water partition coefficient (Wildman–Crippen LogP) is 4.60. The number of carbonyl (C=O) groups excluding carboxylic acids is 2. The van der Waals surface area contributed by atoms with Gasteiger partial charge in [-0.25, -0.2) is 4.79 Å². The fourth-order valence-corrected chi connectivity index (χ4v) is 2.27. The van der Waals surface area contributed by atoms with Gasteiger partial charge in [-0.3, -0.25) is 4.79 Å². The summed E-state index contributed by atoms with van der Waals surface area (Å²) in [5, 5.41) is 0. The fraction of sp³-hybridized carbons (Fsp3) is 0.333. The topological polar surface area (TPSA) is 52.6 Å². The summed E-state index contributed by atoms with van der Waals surface area (Å²) in [5.74, 6) is 0.00604. The molecule has 0 bridgehead atoms. The molecule has 132 valence electrons. The van der Waals surface area contributed by atoms with E-state index in [9.17, 15) is 9.59 Å². The van der Waals surface area contributed by atoms with Crippen LogP contribution in [-0.4, -0.2) is 25.0 Å². The molecular formula is C21H24O4. The summed E-state index contributed by atoms with van der Waals surface area (Å²) in [6.07, 6.45) is 3.31. The third kappa shape index (κ3) is 6.07. The molecule has 0 N–H and O–H groups in total. The van der Waals surface area contributed by atoms with Crippen molar-refractivity contribution in [2.45, 2.75) is 33.1 Å². The second kappa shape index (κ2) is 9.62. The number of rotatable bonds is 9. The van der Waals surface area contributed by atoms with E-state index in [0.29, 0.717) is 17.7 Å². The molecular weight excluding hydrogens is 316 g/mol. The largest absolute Gasteiger partial charge is 0.494 e. The molecule has 0 heterocycles. The van der Waals surface area contributed by atoms with Crippen molar-refractivity contribution in [3.05, 3.63) is 65.2 Å². The molecule has 2 aromatic rings. The molecule has 0 radical (unpaired) electrons. The number of benzene rings is 2. The smallest absolute Gasteiger partial charge is 0.338 e. The zero-order valence-electron chi connectivity index (χ0n) is 14.8. The Morgan fingerprint density at radius 2 is 1.52 bits per heavy atom. The average molecular weight is 340 g/mol. The molecule has 0 atom stereocenters. The first-order chi connectivity index (χ1) is 12.1. The van der Waals surface area contributed by atoms with Crippen LogP contribution in [0.15, 0.2) is 48.5 Å². The minimum atomic E-state index is -0.496. The maximum absolute atomic E-state index is 12.1. The van der Waals surface area contributed by atoms with Crippen LogP contribution in [0.25, 0.3) is 0 Å². The van der Waals surface area contributed by atoms with Gasteiger partial charge in [-0.15, -0.1) is 0 Å². The Labute approximate surface area is 148 Å². The number of hydrogen-bond donors (Lipinski definition) is 0. The Bertz CT molecular complexity index is 687. The standard InChI is InChI=1S/C21H24O4/c1-3-4-5-14-24-19-12-10-17(11-13-19)20(22)15-25-21(23)18-8-6-16(2)7-9-18/h6-13H,3-5,14-15H2,1-2H3. The maximum atomic E-state index is 12.1. The highest BCUT2D eigenvalue weighted by Crippen LogP contribution is 2.14. The van der Waals surface area contributed by atoms with Gasteiger partial charge in [0.25, 0.3) is 0 Å². The van der Waals surface area contributed by atoms with E-state index in [2.05, 4.69) is 6.92 Å². The van der Waals surface area contributed by atoms with Crippen LogP contribution in [0.1, 0.15) is 52.5 Å². The maximum Gasteiger partial charge on any atom is 0.338 e. The van der Waals surface area contributed by atoms with Crippen LogP contribution in [-0.2, 0) is 4.74 Å². The zero-order chi connectivity index (χ0) is 18.1. The molecule has 0 saturated carbocycles. The molecule has 0 aromatic heterocycles. The second-order valence-electron chi connectivity index (χ2n) is 5.95. The molecule has 0 aliphatic heterocycles. The van der Waals surface area contributed by atoms with E-state index in [1.165, 1.54) is 0 Å². The normalized spacial score (nSPS) is 10.3. The number of Topliss-reactive ketones (excluding diaryl/α,β-unsaturated/α-hetero) is 1. The average Bonchev–Trinajstić information content (AvgIpc) is 2.64. The number of ketones is 1. The summed E-state index contributed by atoms with van der Waals surface area (Å²) < 4.78 is 10.7. The van der Waals surface area contributed by atoms with Crippen LogP contribution in [0.5, 0.6) is 5.75 Å². The first kappa shape index (κ1) is 18.7. The molecule has 0 aliphatic rings. The Balaban J connectivity index is 1.82. The van der Waals surface area contributed by atoms with Gasteiger partial charge in [0.15, 0.2) is 12.4 Å². The summed E-state index contributed by atoms with van der Waals surface area (Å²) >= 11 is 0. The van der Waals surface area contributed by atoms with Crippen LogP contribution >= 0.6 is 0 Å². The van der Waals surface area contributed by atoms with E-state index >= 15 is 0 Å². The number of aryl methyl sites for hydroxylation is 1. The van der Waals surface area contributed by atoms with Gasteiger partial charge in [0.05, 0.1) is 12.2 Å². The van der Waals surface area contributed by atoms with Gasteiger partial charge in [-0.1, -0.05) is 37.5 Å². The van der Waals surface area contributed by atoms with Gasteiger partial charge in [0, 0.05) is 5.56 Å². The summed E-state index contributed by atoms with van der Waals surface area (Å²) in [6.45, 7) is 4.49. The lowest BCUT2D eigenvalue weighted by atomic mass is 10.1. The Kier molecular flexibility index (Phi) is 7.20. The molecule has 4 nitrogen and oxygen atoms in total. The first-order valence-electron chi connectivity index (χ1n) is 8.60. The lowest BCUT2D eigenvalue weighted by Gasteiger charge is -2.07. The quantitative estimate of drug-likeness (QED) is 0.380. The third-order valence-corrected chi connectivity index (χ3v) is 3.81. The molecule has 0 spiro atoms. The van der Waals surface area contributed by atoms with Gasteiger partial charge in [0.2, 0.25) is 0 Å². The summed E-state index contributed by atoms with van der Waals surface area (Å²) in [6, 6.07) is 13.9. The summed E-state index contributed by atoms with van der Waals surface area (Å²) in [7, 11) is 0.